The molecule has 2 aromatic heterocycles. The number of ether oxygens (including phenoxy) is 1. The van der Waals surface area contributed by atoms with E-state index >= 15 is 0 Å². The normalized spacial score (nSPS) is 25.8. The number of aromatic nitrogens is 2. The van der Waals surface area contributed by atoms with Crippen molar-refractivity contribution in [2.75, 3.05) is 6.54 Å². The molecule has 12 nitrogen and oxygen atoms in total. The van der Waals surface area contributed by atoms with E-state index in [0.717, 1.165) is 30.4 Å². The van der Waals surface area contributed by atoms with Gasteiger partial charge in [-0.2, -0.15) is 16.4 Å². The van der Waals surface area contributed by atoms with Crippen LogP contribution in [-0.2, 0) is 19.1 Å². The second kappa shape index (κ2) is 14.2. The summed E-state index contributed by atoms with van der Waals surface area (Å²) in [5, 5.41) is 24.4. The van der Waals surface area contributed by atoms with Crippen LogP contribution in [0.5, 0.6) is 0 Å². The van der Waals surface area contributed by atoms with Gasteiger partial charge in [-0.05, 0) is 68.8 Å². The zero-order chi connectivity index (χ0) is 35.6. The molecule has 3 aromatic rings. The van der Waals surface area contributed by atoms with Crippen LogP contribution in [0, 0.1) is 5.92 Å². The highest BCUT2D eigenvalue weighted by Crippen LogP contribution is 2.45. The van der Waals surface area contributed by atoms with E-state index in [1.807, 2.05) is 59.3 Å². The van der Waals surface area contributed by atoms with Crippen LogP contribution >= 0.6 is 11.3 Å². The van der Waals surface area contributed by atoms with Gasteiger partial charge in [-0.1, -0.05) is 55.3 Å². The molecule has 1 aromatic carbocycles. The topological polar surface area (TPSA) is 160 Å². The van der Waals surface area contributed by atoms with Gasteiger partial charge < -0.3 is 25.4 Å². The van der Waals surface area contributed by atoms with Gasteiger partial charge in [0.15, 0.2) is 0 Å². The highest BCUT2D eigenvalue weighted by Gasteiger charge is 2.61. The van der Waals surface area contributed by atoms with Gasteiger partial charge in [0.1, 0.15) is 23.2 Å². The molecule has 3 amide bonds. The molecule has 1 saturated carbocycles. The van der Waals surface area contributed by atoms with E-state index in [-0.39, 0.29) is 25.3 Å². The fraction of sp³-hybridized carbons (Fsp3) is 0.459. The maximum absolute atomic E-state index is 14.4. The van der Waals surface area contributed by atoms with Crippen LogP contribution in [0.15, 0.2) is 70.2 Å². The number of hydrogen-bond acceptors (Lipinski definition) is 8. The molecule has 6 rings (SSSR count). The molecule has 5 atom stereocenters. The minimum absolute atomic E-state index is 0.0197. The van der Waals surface area contributed by atoms with Crippen molar-refractivity contribution in [1.29, 1.82) is 0 Å². The maximum Gasteiger partial charge on any atom is 0.408 e. The van der Waals surface area contributed by atoms with Crippen molar-refractivity contribution in [2.24, 2.45) is 5.92 Å². The monoisotopic (exact) mass is 701 g/mol. The lowest BCUT2D eigenvalue weighted by Gasteiger charge is -2.30. The summed E-state index contributed by atoms with van der Waals surface area (Å²) in [5.41, 5.74) is 0.203. The average Bonchev–Trinajstić information content (AvgIpc) is 3.39. The minimum Gasteiger partial charge on any atom is -0.479 e. The van der Waals surface area contributed by atoms with E-state index < -0.39 is 58.7 Å². The molecule has 1 saturated heterocycles. The van der Waals surface area contributed by atoms with E-state index in [1.54, 1.807) is 20.8 Å². The Morgan fingerprint density at radius 1 is 1.08 bits per heavy atom. The van der Waals surface area contributed by atoms with E-state index in [1.165, 1.54) is 27.0 Å². The Kier molecular flexibility index (Phi) is 9.97. The third-order valence-electron chi connectivity index (χ3n) is 9.51. The SMILES string of the molecule is CC(C)(C)OC(=O)N[C@H]1CCCCCC=C[C@@H]2C[C@@]2(C(=O)O)NC(=O)[C@@H]2C[C@@H](n3nc(-c4ccccc4)c(-c4ccsc4)cc3=O)CN2C1=O. The van der Waals surface area contributed by atoms with Crippen molar-refractivity contribution in [3.8, 4) is 22.4 Å². The summed E-state index contributed by atoms with van der Waals surface area (Å²) in [6.07, 6.45) is 6.56. The number of carboxylic acids is 1. The predicted molar refractivity (Wildman–Crippen MR) is 188 cm³/mol. The van der Waals surface area contributed by atoms with Crippen LogP contribution in [0.4, 0.5) is 4.79 Å². The van der Waals surface area contributed by atoms with Crippen molar-refractivity contribution in [1.82, 2.24) is 25.3 Å². The number of rotatable bonds is 5. The van der Waals surface area contributed by atoms with E-state index in [0.29, 0.717) is 24.1 Å². The first-order valence-electron chi connectivity index (χ1n) is 17.1. The highest BCUT2D eigenvalue weighted by molar-refractivity contribution is 7.08. The number of fused-ring (bicyclic) bond motifs is 2. The van der Waals surface area contributed by atoms with E-state index in [9.17, 15) is 29.1 Å². The van der Waals surface area contributed by atoms with Gasteiger partial charge in [-0.15, -0.1) is 0 Å². The van der Waals surface area contributed by atoms with Crippen molar-refractivity contribution in [3.63, 3.8) is 0 Å². The smallest absolute Gasteiger partial charge is 0.408 e. The van der Waals surface area contributed by atoms with Crippen LogP contribution in [0.2, 0.25) is 0 Å². The summed E-state index contributed by atoms with van der Waals surface area (Å²) in [4.78, 5) is 69.1. The van der Waals surface area contributed by atoms with Crippen molar-refractivity contribution >= 4 is 35.2 Å². The first kappa shape index (κ1) is 35.1. The Morgan fingerprint density at radius 3 is 2.56 bits per heavy atom. The molecule has 264 valence electrons. The Morgan fingerprint density at radius 2 is 1.86 bits per heavy atom. The lowest BCUT2D eigenvalue weighted by atomic mass is 10.0. The number of hydrogen-bond donors (Lipinski definition) is 3. The largest absolute Gasteiger partial charge is 0.479 e. The van der Waals surface area contributed by atoms with Gasteiger partial charge in [-0.3, -0.25) is 14.4 Å². The van der Waals surface area contributed by atoms with Gasteiger partial charge in [-0.25, -0.2) is 14.3 Å². The van der Waals surface area contributed by atoms with Crippen LogP contribution in [0.3, 0.4) is 0 Å². The average molecular weight is 702 g/mol. The number of carboxylic acid groups (broad SMARTS) is 1. The van der Waals surface area contributed by atoms with Gasteiger partial charge in [0.25, 0.3) is 5.56 Å². The number of nitrogens with zero attached hydrogens (tertiary/aromatic N) is 3. The molecule has 4 heterocycles. The minimum atomic E-state index is -1.48. The summed E-state index contributed by atoms with van der Waals surface area (Å²) in [6.45, 7) is 5.13. The molecule has 13 heteroatoms. The number of allylic oxidation sites excluding steroid dienone is 1. The molecular formula is C37H43N5O7S. The van der Waals surface area contributed by atoms with Crippen molar-refractivity contribution in [3.05, 3.63) is 75.7 Å². The fourth-order valence-electron chi connectivity index (χ4n) is 6.88. The Labute approximate surface area is 294 Å². The second-order valence-electron chi connectivity index (χ2n) is 14.3. The van der Waals surface area contributed by atoms with E-state index in [2.05, 4.69) is 10.6 Å². The molecule has 50 heavy (non-hydrogen) atoms. The first-order chi connectivity index (χ1) is 23.9. The van der Waals surface area contributed by atoms with Gasteiger partial charge in [0, 0.05) is 36.1 Å². The molecule has 0 spiro atoms. The summed E-state index contributed by atoms with van der Waals surface area (Å²) >= 11 is 1.50. The number of amides is 3. The fourth-order valence-corrected chi connectivity index (χ4v) is 7.54. The number of alkyl carbamates (subject to hydrolysis) is 1. The standard InChI is InChI=1S/C37H43N5O7S/c1-36(2,3)49-35(48)38-28-15-11-6-4-5-10-14-25-20-37(25,34(46)47)39-32(44)29-18-26(21-41(29)33(28)45)42-30(43)19-27(24-16-17-50-22-24)31(40-42)23-12-8-7-9-13-23/h7-10,12-14,16-17,19,22,25-26,28-29H,4-6,11,15,18,20-21H2,1-3H3,(H,38,48)(H,39,44)(H,46,47)/t25-,26-,28+,29+,37-/m1/s1. The first-order valence-corrected chi connectivity index (χ1v) is 18.0. The van der Waals surface area contributed by atoms with Gasteiger partial charge >= 0.3 is 12.1 Å². The molecule has 0 unspecified atom stereocenters. The molecule has 3 N–H and O–H groups in total. The Hall–Kier alpha value is -4.78. The number of carbonyl (C=O) groups is 4. The van der Waals surface area contributed by atoms with Crippen molar-refractivity contribution in [2.45, 2.75) is 95.0 Å². The predicted octanol–water partition coefficient (Wildman–Crippen LogP) is 5.15. The second-order valence-corrected chi connectivity index (χ2v) is 15.1. The molecule has 0 radical (unpaired) electrons. The summed E-state index contributed by atoms with van der Waals surface area (Å²) in [5.74, 6) is -2.65. The third kappa shape index (κ3) is 7.52. The summed E-state index contributed by atoms with van der Waals surface area (Å²) in [7, 11) is 0. The molecule has 1 aliphatic carbocycles. The lowest BCUT2D eigenvalue weighted by Crippen LogP contribution is -2.56. The molecule has 2 fully saturated rings. The maximum atomic E-state index is 14.4. The van der Waals surface area contributed by atoms with Crippen LogP contribution in [-0.4, -0.2) is 73.4 Å². The molecule has 3 aliphatic rings. The van der Waals surface area contributed by atoms with Gasteiger partial charge in [0.2, 0.25) is 11.8 Å². The van der Waals surface area contributed by atoms with Crippen LogP contribution in [0.1, 0.15) is 71.8 Å². The lowest BCUT2D eigenvalue weighted by molar-refractivity contribution is -0.145. The summed E-state index contributed by atoms with van der Waals surface area (Å²) in [6, 6.07) is 10.1. The molecule has 2 aliphatic heterocycles. The quantitative estimate of drug-likeness (QED) is 0.308. The van der Waals surface area contributed by atoms with Gasteiger partial charge in [0.05, 0.1) is 11.7 Å². The number of carbonyl (C=O) groups excluding carboxylic acids is 3. The highest BCUT2D eigenvalue weighted by atomic mass is 32.1. The summed E-state index contributed by atoms with van der Waals surface area (Å²) < 4.78 is 6.81. The Balaban J connectivity index is 1.38. The zero-order valence-electron chi connectivity index (χ0n) is 28.5. The molecule has 0 bridgehead atoms. The third-order valence-corrected chi connectivity index (χ3v) is 10.2. The number of thiophene rings is 1. The molecular weight excluding hydrogens is 659 g/mol. The van der Waals surface area contributed by atoms with Crippen molar-refractivity contribution < 1.29 is 29.0 Å². The number of aliphatic carboxylic acids is 1. The number of nitrogens with one attached hydrogen (secondary N) is 2. The Bertz CT molecular complexity index is 1830. The number of benzene rings is 1. The van der Waals surface area contributed by atoms with Crippen LogP contribution < -0.4 is 16.2 Å². The van der Waals surface area contributed by atoms with Crippen LogP contribution in [0.25, 0.3) is 22.4 Å². The van der Waals surface area contributed by atoms with E-state index in [4.69, 9.17) is 9.84 Å². The zero-order valence-corrected chi connectivity index (χ0v) is 29.3.